The Balaban J connectivity index is 3.02. The zero-order valence-corrected chi connectivity index (χ0v) is 10.9. The SMILES string of the molecule is CCCN(C)C(=O)c1cc(F)c(NCC)c(F)c1. The third-order valence-corrected chi connectivity index (χ3v) is 2.55. The van der Waals surface area contributed by atoms with Gasteiger partial charge in [0, 0.05) is 25.7 Å². The van der Waals surface area contributed by atoms with Crippen LogP contribution in [0.2, 0.25) is 0 Å². The summed E-state index contributed by atoms with van der Waals surface area (Å²) in [5.41, 5.74) is -0.158. The first kappa shape index (κ1) is 14.4. The van der Waals surface area contributed by atoms with Crippen LogP contribution in [0, 0.1) is 11.6 Å². The van der Waals surface area contributed by atoms with Crippen LogP contribution in [0.4, 0.5) is 14.5 Å². The molecular formula is C13H18F2N2O. The van der Waals surface area contributed by atoms with Crippen LogP contribution in [0.3, 0.4) is 0 Å². The van der Waals surface area contributed by atoms with E-state index in [1.54, 1.807) is 14.0 Å². The molecule has 1 amide bonds. The van der Waals surface area contributed by atoms with Gasteiger partial charge in [0.2, 0.25) is 0 Å². The number of rotatable bonds is 5. The number of amides is 1. The summed E-state index contributed by atoms with van der Waals surface area (Å²) in [6.45, 7) is 4.64. The summed E-state index contributed by atoms with van der Waals surface area (Å²) in [6, 6.07) is 2.13. The number of carbonyl (C=O) groups excluding carboxylic acids is 1. The van der Waals surface area contributed by atoms with Crippen molar-refractivity contribution >= 4 is 11.6 Å². The Morgan fingerprint density at radius 1 is 1.28 bits per heavy atom. The van der Waals surface area contributed by atoms with Crippen molar-refractivity contribution in [1.29, 1.82) is 0 Å². The van der Waals surface area contributed by atoms with Crippen molar-refractivity contribution in [3.8, 4) is 0 Å². The molecule has 0 radical (unpaired) electrons. The lowest BCUT2D eigenvalue weighted by molar-refractivity contribution is 0.0794. The molecule has 0 aliphatic heterocycles. The maximum absolute atomic E-state index is 13.6. The van der Waals surface area contributed by atoms with Gasteiger partial charge in [0.25, 0.3) is 5.91 Å². The fraction of sp³-hybridized carbons (Fsp3) is 0.462. The van der Waals surface area contributed by atoms with Crippen LogP contribution >= 0.6 is 0 Å². The van der Waals surface area contributed by atoms with Crippen LogP contribution in [-0.4, -0.2) is 30.9 Å². The minimum absolute atomic E-state index is 0.0302. The molecule has 0 spiro atoms. The van der Waals surface area contributed by atoms with Crippen molar-refractivity contribution < 1.29 is 13.6 Å². The summed E-state index contributed by atoms with van der Waals surface area (Å²) >= 11 is 0. The molecule has 18 heavy (non-hydrogen) atoms. The molecule has 1 aromatic carbocycles. The number of anilines is 1. The van der Waals surface area contributed by atoms with Gasteiger partial charge in [-0.15, -0.1) is 0 Å². The molecule has 0 saturated heterocycles. The number of benzene rings is 1. The van der Waals surface area contributed by atoms with Crippen molar-refractivity contribution in [2.24, 2.45) is 0 Å². The lowest BCUT2D eigenvalue weighted by atomic mass is 10.1. The number of carbonyl (C=O) groups is 1. The predicted molar refractivity (Wildman–Crippen MR) is 67.8 cm³/mol. The second-order valence-electron chi connectivity index (χ2n) is 4.07. The van der Waals surface area contributed by atoms with Crippen LogP contribution in [0.15, 0.2) is 12.1 Å². The van der Waals surface area contributed by atoms with E-state index in [4.69, 9.17) is 0 Å². The maximum Gasteiger partial charge on any atom is 0.253 e. The number of hydrogen-bond acceptors (Lipinski definition) is 2. The minimum atomic E-state index is -0.745. The third kappa shape index (κ3) is 3.18. The van der Waals surface area contributed by atoms with E-state index in [0.717, 1.165) is 18.6 Å². The molecule has 0 saturated carbocycles. The molecule has 1 rings (SSSR count). The van der Waals surface area contributed by atoms with Gasteiger partial charge in [-0.3, -0.25) is 4.79 Å². The molecule has 3 nitrogen and oxygen atoms in total. The van der Waals surface area contributed by atoms with Crippen LogP contribution in [0.5, 0.6) is 0 Å². The van der Waals surface area contributed by atoms with Gasteiger partial charge in [-0.25, -0.2) is 8.78 Å². The fourth-order valence-corrected chi connectivity index (χ4v) is 1.70. The van der Waals surface area contributed by atoms with Crippen molar-refractivity contribution in [3.05, 3.63) is 29.3 Å². The van der Waals surface area contributed by atoms with E-state index < -0.39 is 11.6 Å². The zero-order valence-electron chi connectivity index (χ0n) is 10.9. The van der Waals surface area contributed by atoms with Gasteiger partial charge >= 0.3 is 0 Å². The average Bonchev–Trinajstić information content (AvgIpc) is 2.33. The fourth-order valence-electron chi connectivity index (χ4n) is 1.70. The first-order chi connectivity index (χ1) is 8.51. The molecule has 100 valence electrons. The molecule has 5 heteroatoms. The Morgan fingerprint density at radius 3 is 2.28 bits per heavy atom. The first-order valence-corrected chi connectivity index (χ1v) is 5.99. The topological polar surface area (TPSA) is 32.3 Å². The van der Waals surface area contributed by atoms with Crippen LogP contribution in [0.25, 0.3) is 0 Å². The van der Waals surface area contributed by atoms with Gasteiger partial charge in [0.1, 0.15) is 17.3 Å². The van der Waals surface area contributed by atoms with E-state index >= 15 is 0 Å². The Kier molecular flexibility index (Phi) is 5.07. The number of hydrogen-bond donors (Lipinski definition) is 1. The molecule has 0 heterocycles. The van der Waals surface area contributed by atoms with E-state index in [1.807, 2.05) is 6.92 Å². The highest BCUT2D eigenvalue weighted by Crippen LogP contribution is 2.21. The van der Waals surface area contributed by atoms with Crippen molar-refractivity contribution in [1.82, 2.24) is 4.90 Å². The summed E-state index contributed by atoms with van der Waals surface area (Å²) in [5, 5.41) is 2.59. The maximum atomic E-state index is 13.6. The van der Waals surface area contributed by atoms with E-state index in [2.05, 4.69) is 5.32 Å². The summed E-state index contributed by atoms with van der Waals surface area (Å²) in [7, 11) is 1.61. The second kappa shape index (κ2) is 6.33. The van der Waals surface area contributed by atoms with Gasteiger partial charge in [0.05, 0.1) is 0 Å². The zero-order chi connectivity index (χ0) is 13.7. The summed E-state index contributed by atoms with van der Waals surface area (Å²) in [4.78, 5) is 13.3. The smallest absolute Gasteiger partial charge is 0.253 e. The summed E-state index contributed by atoms with van der Waals surface area (Å²) in [6.07, 6.45) is 0.794. The number of nitrogens with zero attached hydrogens (tertiary/aromatic N) is 1. The summed E-state index contributed by atoms with van der Waals surface area (Å²) in [5.74, 6) is -1.87. The highest BCUT2D eigenvalue weighted by molar-refractivity contribution is 5.94. The van der Waals surface area contributed by atoms with Gasteiger partial charge < -0.3 is 10.2 Å². The summed E-state index contributed by atoms with van der Waals surface area (Å²) < 4.78 is 27.3. The lowest BCUT2D eigenvalue weighted by Crippen LogP contribution is -2.27. The Hall–Kier alpha value is -1.65. The molecule has 0 unspecified atom stereocenters. The molecule has 0 aliphatic carbocycles. The van der Waals surface area contributed by atoms with Crippen LogP contribution in [-0.2, 0) is 0 Å². The molecule has 0 aliphatic rings. The highest BCUT2D eigenvalue weighted by Gasteiger charge is 2.17. The average molecular weight is 256 g/mol. The van der Waals surface area contributed by atoms with Gasteiger partial charge in [-0.05, 0) is 25.5 Å². The Labute approximate surface area is 106 Å². The number of halogens is 2. The van der Waals surface area contributed by atoms with Gasteiger partial charge in [-0.2, -0.15) is 0 Å². The first-order valence-electron chi connectivity index (χ1n) is 5.99. The quantitative estimate of drug-likeness (QED) is 0.878. The van der Waals surface area contributed by atoms with Crippen LogP contribution in [0.1, 0.15) is 30.6 Å². The standard InChI is InChI=1S/C13H18F2N2O/c1-4-6-17(3)13(18)9-7-10(14)12(16-5-2)11(15)8-9/h7-8,16H,4-6H2,1-3H3. The third-order valence-electron chi connectivity index (χ3n) is 2.55. The molecule has 1 aromatic rings. The van der Waals surface area contributed by atoms with Gasteiger partial charge in [0.15, 0.2) is 0 Å². The predicted octanol–water partition coefficient (Wildman–Crippen LogP) is 2.88. The second-order valence-corrected chi connectivity index (χ2v) is 4.07. The molecule has 0 bridgehead atoms. The van der Waals surface area contributed by atoms with Crippen molar-refractivity contribution in [2.75, 3.05) is 25.5 Å². The minimum Gasteiger partial charge on any atom is -0.381 e. The van der Waals surface area contributed by atoms with Gasteiger partial charge in [-0.1, -0.05) is 6.92 Å². The molecule has 1 N–H and O–H groups in total. The molecule has 0 fully saturated rings. The van der Waals surface area contributed by atoms with E-state index in [1.165, 1.54) is 4.90 Å². The molecular weight excluding hydrogens is 238 g/mol. The van der Waals surface area contributed by atoms with E-state index in [-0.39, 0.29) is 17.2 Å². The van der Waals surface area contributed by atoms with Crippen molar-refractivity contribution in [3.63, 3.8) is 0 Å². The lowest BCUT2D eigenvalue weighted by Gasteiger charge is -2.17. The van der Waals surface area contributed by atoms with Crippen molar-refractivity contribution in [2.45, 2.75) is 20.3 Å². The van der Waals surface area contributed by atoms with Crippen LogP contribution < -0.4 is 5.32 Å². The van der Waals surface area contributed by atoms with E-state index in [9.17, 15) is 13.6 Å². The van der Waals surface area contributed by atoms with E-state index in [0.29, 0.717) is 13.1 Å². The highest BCUT2D eigenvalue weighted by atomic mass is 19.1. The largest absolute Gasteiger partial charge is 0.381 e. The molecule has 0 aromatic heterocycles. The molecule has 0 atom stereocenters. The monoisotopic (exact) mass is 256 g/mol. The Bertz CT molecular complexity index is 412. The Morgan fingerprint density at radius 2 is 1.83 bits per heavy atom. The number of nitrogens with one attached hydrogen (secondary N) is 1. The normalized spacial score (nSPS) is 10.3.